The van der Waals surface area contributed by atoms with Crippen LogP contribution in [-0.4, -0.2) is 16.6 Å². The van der Waals surface area contributed by atoms with Gasteiger partial charge in [0.25, 0.3) is 5.69 Å². The molecular weight excluding hydrogens is 274 g/mol. The lowest BCUT2D eigenvalue weighted by Gasteiger charge is -2.16. The van der Waals surface area contributed by atoms with E-state index in [1.165, 1.54) is 24.5 Å². The van der Waals surface area contributed by atoms with E-state index in [-0.39, 0.29) is 23.5 Å². The molecule has 0 aliphatic heterocycles. The fourth-order valence-corrected chi connectivity index (χ4v) is 1.97. The summed E-state index contributed by atoms with van der Waals surface area (Å²) in [6.07, 6.45) is 1.83. The number of rotatable bonds is 6. The number of furan rings is 1. The number of nitro groups is 1. The third-order valence-corrected chi connectivity index (χ3v) is 2.96. The first kappa shape index (κ1) is 14.6. The quantitative estimate of drug-likeness (QED) is 0.623. The number of aliphatic hydroxyl groups is 1. The maximum Gasteiger partial charge on any atom is 0.293 e. The normalized spacial score (nSPS) is 11.6. The Labute approximate surface area is 120 Å². The molecule has 1 aromatic heterocycles. The molecule has 0 saturated carbocycles. The van der Waals surface area contributed by atoms with Crippen molar-refractivity contribution < 1.29 is 14.4 Å². The number of benzene rings is 1. The van der Waals surface area contributed by atoms with Crippen molar-refractivity contribution in [2.24, 2.45) is 0 Å². The van der Waals surface area contributed by atoms with E-state index in [2.05, 4.69) is 5.32 Å². The van der Waals surface area contributed by atoms with Gasteiger partial charge >= 0.3 is 0 Å². The van der Waals surface area contributed by atoms with Crippen molar-refractivity contribution in [2.75, 3.05) is 11.9 Å². The van der Waals surface area contributed by atoms with E-state index in [1.54, 1.807) is 12.1 Å². The van der Waals surface area contributed by atoms with Crippen LogP contribution < -0.4 is 5.32 Å². The van der Waals surface area contributed by atoms with Crippen LogP contribution in [0.4, 0.5) is 11.4 Å². The molecule has 2 rings (SSSR count). The highest BCUT2D eigenvalue weighted by molar-refractivity contribution is 5.64. The Morgan fingerprint density at radius 3 is 2.86 bits per heavy atom. The average molecular weight is 287 g/mol. The first-order chi connectivity index (χ1) is 10.2. The highest BCUT2D eigenvalue weighted by atomic mass is 16.6. The Balaban J connectivity index is 2.32. The summed E-state index contributed by atoms with van der Waals surface area (Å²) in [5.74, 6) is 0.572. The van der Waals surface area contributed by atoms with Crippen LogP contribution in [0.5, 0.6) is 0 Å². The van der Waals surface area contributed by atoms with Gasteiger partial charge in [-0.2, -0.15) is 5.26 Å². The fraction of sp³-hybridized carbons (Fsp3) is 0.214. The molecular formula is C14H13N3O4. The van der Waals surface area contributed by atoms with Gasteiger partial charge in [-0.15, -0.1) is 0 Å². The molecule has 21 heavy (non-hydrogen) atoms. The molecule has 1 unspecified atom stereocenters. The number of aliphatic hydroxyl groups excluding tert-OH is 1. The summed E-state index contributed by atoms with van der Waals surface area (Å²) < 4.78 is 5.27. The molecule has 0 radical (unpaired) electrons. The van der Waals surface area contributed by atoms with E-state index in [9.17, 15) is 10.1 Å². The molecule has 1 heterocycles. The van der Waals surface area contributed by atoms with Crippen LogP contribution in [0.3, 0.4) is 0 Å². The van der Waals surface area contributed by atoms with Gasteiger partial charge in [0.1, 0.15) is 11.4 Å². The summed E-state index contributed by atoms with van der Waals surface area (Å²) in [4.78, 5) is 10.5. The molecule has 0 saturated heterocycles. The molecule has 0 amide bonds. The number of nitriles is 1. The van der Waals surface area contributed by atoms with Crippen molar-refractivity contribution >= 4 is 11.4 Å². The number of nitrogens with one attached hydrogen (secondary N) is 1. The van der Waals surface area contributed by atoms with Gasteiger partial charge in [-0.25, -0.2) is 0 Å². The molecule has 2 aromatic rings. The molecule has 0 spiro atoms. The smallest absolute Gasteiger partial charge is 0.293 e. The summed E-state index contributed by atoms with van der Waals surface area (Å²) in [6, 6.07) is 9.08. The molecule has 7 heteroatoms. The van der Waals surface area contributed by atoms with Gasteiger partial charge in [-0.05, 0) is 30.7 Å². The number of hydrogen-bond acceptors (Lipinski definition) is 6. The van der Waals surface area contributed by atoms with Crippen LogP contribution in [0.25, 0.3) is 0 Å². The van der Waals surface area contributed by atoms with E-state index in [4.69, 9.17) is 14.8 Å². The monoisotopic (exact) mass is 287 g/mol. The first-order valence-electron chi connectivity index (χ1n) is 6.25. The second kappa shape index (κ2) is 6.54. The third kappa shape index (κ3) is 3.38. The maximum absolute atomic E-state index is 11.1. The van der Waals surface area contributed by atoms with Crippen molar-refractivity contribution in [3.63, 3.8) is 0 Å². The number of nitro benzene ring substituents is 1. The van der Waals surface area contributed by atoms with E-state index >= 15 is 0 Å². The topological polar surface area (TPSA) is 112 Å². The van der Waals surface area contributed by atoms with Crippen molar-refractivity contribution in [1.82, 2.24) is 0 Å². The predicted molar refractivity (Wildman–Crippen MR) is 74.6 cm³/mol. The van der Waals surface area contributed by atoms with Crippen molar-refractivity contribution in [3.05, 3.63) is 58.0 Å². The lowest BCUT2D eigenvalue weighted by atomic mass is 10.1. The number of hydrogen-bond donors (Lipinski definition) is 2. The average Bonchev–Trinajstić information content (AvgIpc) is 3.01. The molecule has 1 aromatic carbocycles. The standard InChI is InChI=1S/C14H13N3O4/c15-9-10-3-4-11(13(8-10)17(19)20)16-12(5-6-18)14-2-1-7-21-14/h1-4,7-8,12,16,18H,5-6H2. The molecule has 0 aliphatic rings. The Morgan fingerprint density at radius 1 is 1.48 bits per heavy atom. The maximum atomic E-state index is 11.1. The lowest BCUT2D eigenvalue weighted by molar-refractivity contribution is -0.384. The van der Waals surface area contributed by atoms with E-state index in [0.717, 1.165) is 0 Å². The zero-order valence-electron chi connectivity index (χ0n) is 11.0. The van der Waals surface area contributed by atoms with Gasteiger partial charge < -0.3 is 14.8 Å². The van der Waals surface area contributed by atoms with E-state index < -0.39 is 11.0 Å². The fourth-order valence-electron chi connectivity index (χ4n) is 1.97. The van der Waals surface area contributed by atoms with Gasteiger partial charge in [0.05, 0.1) is 28.9 Å². The summed E-state index contributed by atoms with van der Waals surface area (Å²) in [7, 11) is 0. The first-order valence-corrected chi connectivity index (χ1v) is 6.25. The Morgan fingerprint density at radius 2 is 2.29 bits per heavy atom. The van der Waals surface area contributed by atoms with Crippen molar-refractivity contribution in [3.8, 4) is 6.07 Å². The van der Waals surface area contributed by atoms with Crippen LogP contribution in [-0.2, 0) is 0 Å². The Bertz CT molecular complexity index is 661. The van der Waals surface area contributed by atoms with Gasteiger partial charge in [-0.1, -0.05) is 0 Å². The van der Waals surface area contributed by atoms with Crippen LogP contribution in [0.2, 0.25) is 0 Å². The molecule has 108 valence electrons. The summed E-state index contributed by atoms with van der Waals surface area (Å²) in [6.45, 7) is -0.0948. The summed E-state index contributed by atoms with van der Waals surface area (Å²) in [5, 5.41) is 32.0. The minimum absolute atomic E-state index is 0.0948. The van der Waals surface area contributed by atoms with E-state index in [1.807, 2.05) is 6.07 Å². The van der Waals surface area contributed by atoms with Crippen LogP contribution in [0, 0.1) is 21.4 Å². The summed E-state index contributed by atoms with van der Waals surface area (Å²) >= 11 is 0. The van der Waals surface area contributed by atoms with Crippen LogP contribution in [0.15, 0.2) is 41.0 Å². The third-order valence-electron chi connectivity index (χ3n) is 2.96. The SMILES string of the molecule is N#Cc1ccc(NC(CCO)c2ccco2)c([N+](=O)[O-])c1. The number of anilines is 1. The second-order valence-corrected chi connectivity index (χ2v) is 4.33. The largest absolute Gasteiger partial charge is 0.467 e. The molecule has 2 N–H and O–H groups in total. The molecule has 1 atom stereocenters. The minimum atomic E-state index is -0.554. The van der Waals surface area contributed by atoms with Crippen LogP contribution in [0.1, 0.15) is 23.8 Å². The highest BCUT2D eigenvalue weighted by Crippen LogP contribution is 2.30. The summed E-state index contributed by atoms with van der Waals surface area (Å²) in [5.41, 5.74) is 0.293. The van der Waals surface area contributed by atoms with E-state index in [0.29, 0.717) is 12.2 Å². The van der Waals surface area contributed by atoms with Gasteiger partial charge in [0, 0.05) is 12.7 Å². The minimum Gasteiger partial charge on any atom is -0.467 e. The predicted octanol–water partition coefficient (Wildman–Crippen LogP) is 2.60. The van der Waals surface area contributed by atoms with Crippen LogP contribution >= 0.6 is 0 Å². The zero-order chi connectivity index (χ0) is 15.2. The second-order valence-electron chi connectivity index (χ2n) is 4.33. The number of nitrogens with zero attached hydrogens (tertiary/aromatic N) is 2. The molecule has 0 bridgehead atoms. The molecule has 7 nitrogen and oxygen atoms in total. The van der Waals surface area contributed by atoms with Crippen molar-refractivity contribution in [2.45, 2.75) is 12.5 Å². The van der Waals surface area contributed by atoms with Gasteiger partial charge in [0.2, 0.25) is 0 Å². The highest BCUT2D eigenvalue weighted by Gasteiger charge is 2.20. The zero-order valence-corrected chi connectivity index (χ0v) is 11.0. The molecule has 0 aliphatic carbocycles. The lowest BCUT2D eigenvalue weighted by Crippen LogP contribution is -2.13. The van der Waals surface area contributed by atoms with Gasteiger partial charge in [0.15, 0.2) is 0 Å². The Kier molecular flexibility index (Phi) is 4.53. The van der Waals surface area contributed by atoms with Gasteiger partial charge in [-0.3, -0.25) is 10.1 Å². The Hall–Kier alpha value is -2.85. The molecule has 0 fully saturated rings. The van der Waals surface area contributed by atoms with Crippen molar-refractivity contribution in [1.29, 1.82) is 5.26 Å².